The molecule has 32 heavy (non-hydrogen) atoms. The third-order valence-corrected chi connectivity index (χ3v) is 8.42. The Morgan fingerprint density at radius 1 is 1.34 bits per heavy atom. The van der Waals surface area contributed by atoms with Gasteiger partial charge in [0.2, 0.25) is 5.91 Å². The number of carbonyl (C=O) groups excluding carboxylic acids is 1. The van der Waals surface area contributed by atoms with Crippen molar-refractivity contribution in [3.05, 3.63) is 62.7 Å². The van der Waals surface area contributed by atoms with Gasteiger partial charge in [-0.25, -0.2) is 4.98 Å². The van der Waals surface area contributed by atoms with Gasteiger partial charge in [-0.2, -0.15) is 0 Å². The molecule has 1 amide bonds. The fourth-order valence-corrected chi connectivity index (χ4v) is 6.35. The van der Waals surface area contributed by atoms with Gasteiger partial charge in [0, 0.05) is 28.8 Å². The van der Waals surface area contributed by atoms with Crippen molar-refractivity contribution in [2.24, 2.45) is 5.92 Å². The smallest absolute Gasteiger partial charge is 0.260 e. The molecule has 0 aliphatic heterocycles. The van der Waals surface area contributed by atoms with Crippen LogP contribution in [-0.4, -0.2) is 33.6 Å². The monoisotopic (exact) mass is 485 g/mol. The van der Waals surface area contributed by atoms with E-state index in [0.29, 0.717) is 41.1 Å². The van der Waals surface area contributed by atoms with Crippen molar-refractivity contribution in [2.45, 2.75) is 31.6 Å². The van der Waals surface area contributed by atoms with Crippen molar-refractivity contribution in [1.29, 1.82) is 0 Å². The van der Waals surface area contributed by atoms with Gasteiger partial charge >= 0.3 is 0 Å². The molecular weight excluding hydrogens is 462 g/mol. The molecule has 6 nitrogen and oxygen atoms in total. The van der Waals surface area contributed by atoms with Gasteiger partial charge in [0.15, 0.2) is 0 Å². The van der Waals surface area contributed by atoms with E-state index in [1.54, 1.807) is 23.3 Å². The van der Waals surface area contributed by atoms with Crippen LogP contribution in [0.4, 0.5) is 0 Å². The zero-order valence-corrected chi connectivity index (χ0v) is 20.2. The van der Waals surface area contributed by atoms with Gasteiger partial charge in [-0.15, -0.1) is 34.4 Å². The van der Waals surface area contributed by atoms with Gasteiger partial charge in [0.1, 0.15) is 22.2 Å². The Balaban J connectivity index is 1.17. The fraction of sp³-hybridized carbons (Fsp3) is 0.348. The highest BCUT2D eigenvalue weighted by Gasteiger charge is 2.36. The molecule has 2 unspecified atom stereocenters. The maximum atomic E-state index is 12.7. The number of aromatic nitrogens is 2. The van der Waals surface area contributed by atoms with E-state index in [4.69, 9.17) is 4.42 Å². The number of thiophene rings is 2. The first-order valence-corrected chi connectivity index (χ1v) is 13.4. The lowest BCUT2D eigenvalue weighted by atomic mass is 10.2. The lowest BCUT2D eigenvalue weighted by Crippen LogP contribution is -2.27. The third kappa shape index (κ3) is 4.42. The number of hydrogen-bond acceptors (Lipinski definition) is 7. The lowest BCUT2D eigenvalue weighted by molar-refractivity contribution is -0.127. The number of furan rings is 1. The van der Waals surface area contributed by atoms with E-state index in [2.05, 4.69) is 16.9 Å². The number of aromatic amines is 1. The van der Waals surface area contributed by atoms with E-state index in [1.165, 1.54) is 29.5 Å². The fourth-order valence-electron chi connectivity index (χ4n) is 3.74. The zero-order chi connectivity index (χ0) is 22.2. The minimum absolute atomic E-state index is 0.0206. The summed E-state index contributed by atoms with van der Waals surface area (Å²) in [4.78, 5) is 36.2. The highest BCUT2D eigenvalue weighted by atomic mass is 32.2. The van der Waals surface area contributed by atoms with Crippen LogP contribution in [0.25, 0.3) is 20.7 Å². The van der Waals surface area contributed by atoms with Crippen molar-refractivity contribution < 1.29 is 9.21 Å². The summed E-state index contributed by atoms with van der Waals surface area (Å²) in [6.45, 7) is 2.68. The molecule has 0 radical (unpaired) electrons. The Morgan fingerprint density at radius 2 is 2.19 bits per heavy atom. The number of fused-ring (bicyclic) bond motifs is 1. The molecule has 4 aromatic rings. The van der Waals surface area contributed by atoms with E-state index in [0.717, 1.165) is 26.8 Å². The molecule has 1 aliphatic carbocycles. The SMILES string of the molecule is CC1CC1c1ccc(CN(C)C(=O)CSCc2nc3scc(-c4cccs4)c3c(=O)[nH]2)o1. The molecule has 0 aromatic carbocycles. The molecule has 166 valence electrons. The van der Waals surface area contributed by atoms with Crippen LogP contribution >= 0.6 is 34.4 Å². The van der Waals surface area contributed by atoms with E-state index in [1.807, 2.05) is 35.0 Å². The predicted octanol–water partition coefficient (Wildman–Crippen LogP) is 5.32. The summed E-state index contributed by atoms with van der Waals surface area (Å²) in [6, 6.07) is 7.98. The first-order chi connectivity index (χ1) is 15.5. The minimum atomic E-state index is -0.128. The second-order valence-corrected chi connectivity index (χ2v) is 11.0. The summed E-state index contributed by atoms with van der Waals surface area (Å²) in [5.41, 5.74) is 0.805. The first-order valence-electron chi connectivity index (χ1n) is 10.4. The summed E-state index contributed by atoms with van der Waals surface area (Å²) in [6.07, 6.45) is 1.18. The summed E-state index contributed by atoms with van der Waals surface area (Å²) in [5, 5.41) is 4.62. The molecule has 5 rings (SSSR count). The van der Waals surface area contributed by atoms with Gasteiger partial charge in [0.25, 0.3) is 5.56 Å². The Morgan fingerprint density at radius 3 is 2.94 bits per heavy atom. The van der Waals surface area contributed by atoms with Crippen molar-refractivity contribution in [2.75, 3.05) is 12.8 Å². The average Bonchev–Trinajstić information content (AvgIpc) is 3.23. The largest absolute Gasteiger partial charge is 0.464 e. The molecule has 1 fully saturated rings. The van der Waals surface area contributed by atoms with E-state index in [-0.39, 0.29) is 11.5 Å². The van der Waals surface area contributed by atoms with Crippen LogP contribution in [0.15, 0.2) is 44.2 Å². The van der Waals surface area contributed by atoms with Crippen LogP contribution in [0.5, 0.6) is 0 Å². The van der Waals surface area contributed by atoms with Crippen LogP contribution < -0.4 is 5.56 Å². The number of H-pyrrole nitrogens is 1. The summed E-state index contributed by atoms with van der Waals surface area (Å²) >= 11 is 4.53. The van der Waals surface area contributed by atoms with Gasteiger partial charge in [0.05, 0.1) is 23.4 Å². The Bertz CT molecular complexity index is 1300. The first kappa shape index (κ1) is 21.5. The molecule has 2 atom stereocenters. The molecule has 4 aromatic heterocycles. The van der Waals surface area contributed by atoms with E-state index in [9.17, 15) is 9.59 Å². The third-order valence-electron chi connectivity index (χ3n) is 5.72. The molecule has 0 spiro atoms. The van der Waals surface area contributed by atoms with Gasteiger partial charge in [-0.1, -0.05) is 13.0 Å². The Kier molecular flexibility index (Phi) is 5.96. The number of rotatable bonds is 8. The minimum Gasteiger partial charge on any atom is -0.464 e. The molecular formula is C23H23N3O3S3. The molecule has 4 heterocycles. The van der Waals surface area contributed by atoms with Crippen molar-refractivity contribution in [1.82, 2.24) is 14.9 Å². The molecule has 1 aliphatic rings. The highest BCUT2D eigenvalue weighted by molar-refractivity contribution is 7.99. The standard InChI is InChI=1S/C23H23N3O3S3/c1-13-8-15(13)17-6-5-14(29-17)9-26(2)20(27)12-30-11-19-24-22(28)21-16(10-32-23(21)25-19)18-4-3-7-31-18/h3-7,10,13,15H,8-9,11-12H2,1-2H3,(H,24,25,28). The maximum absolute atomic E-state index is 12.7. The quantitative estimate of drug-likeness (QED) is 0.365. The van der Waals surface area contributed by atoms with Crippen LogP contribution in [-0.2, 0) is 17.1 Å². The van der Waals surface area contributed by atoms with E-state index < -0.39 is 0 Å². The van der Waals surface area contributed by atoms with Crippen LogP contribution in [0.2, 0.25) is 0 Å². The molecule has 0 bridgehead atoms. The number of thioether (sulfide) groups is 1. The molecule has 9 heteroatoms. The number of nitrogens with one attached hydrogen (secondary N) is 1. The van der Waals surface area contributed by atoms with Crippen molar-refractivity contribution >= 4 is 50.6 Å². The van der Waals surface area contributed by atoms with Gasteiger partial charge < -0.3 is 14.3 Å². The maximum Gasteiger partial charge on any atom is 0.260 e. The van der Waals surface area contributed by atoms with Crippen molar-refractivity contribution in [3.63, 3.8) is 0 Å². The Hall–Kier alpha value is -2.36. The summed E-state index contributed by atoms with van der Waals surface area (Å²) < 4.78 is 5.91. The highest BCUT2D eigenvalue weighted by Crippen LogP contribution is 2.47. The number of nitrogens with zero attached hydrogens (tertiary/aromatic N) is 2. The number of carbonyl (C=O) groups is 1. The zero-order valence-electron chi connectivity index (χ0n) is 17.8. The molecule has 1 saturated carbocycles. The number of hydrogen-bond donors (Lipinski definition) is 1. The van der Waals surface area contributed by atoms with Crippen LogP contribution in [0, 0.1) is 5.92 Å². The molecule has 0 saturated heterocycles. The van der Waals surface area contributed by atoms with Crippen molar-refractivity contribution in [3.8, 4) is 10.4 Å². The van der Waals surface area contributed by atoms with Crippen LogP contribution in [0.1, 0.15) is 36.6 Å². The average molecular weight is 486 g/mol. The van der Waals surface area contributed by atoms with Crippen LogP contribution in [0.3, 0.4) is 0 Å². The second kappa shape index (κ2) is 8.88. The van der Waals surface area contributed by atoms with Gasteiger partial charge in [-0.3, -0.25) is 9.59 Å². The molecule has 1 N–H and O–H groups in total. The topological polar surface area (TPSA) is 79.2 Å². The summed E-state index contributed by atoms with van der Waals surface area (Å²) in [5.74, 6) is 4.49. The summed E-state index contributed by atoms with van der Waals surface area (Å²) in [7, 11) is 1.79. The lowest BCUT2D eigenvalue weighted by Gasteiger charge is -2.15. The Labute approximate surface area is 197 Å². The predicted molar refractivity (Wildman–Crippen MR) is 131 cm³/mol. The second-order valence-electron chi connectivity index (χ2n) is 8.19. The normalized spacial score (nSPS) is 17.7. The van der Waals surface area contributed by atoms with Gasteiger partial charge in [-0.05, 0) is 35.9 Å². The van der Waals surface area contributed by atoms with E-state index >= 15 is 0 Å². The number of amides is 1.